The van der Waals surface area contributed by atoms with Crippen molar-refractivity contribution in [3.8, 4) is 0 Å². The maximum Gasteiger partial charge on any atom is 0.263 e. The monoisotopic (exact) mass is 384 g/mol. The second-order valence-corrected chi connectivity index (χ2v) is 9.30. The molecule has 1 aliphatic rings. The summed E-state index contributed by atoms with van der Waals surface area (Å²) >= 11 is 3.44. The zero-order valence-corrected chi connectivity index (χ0v) is 17.0. The molecule has 26 heavy (non-hydrogen) atoms. The molecule has 0 radical (unpaired) electrons. The van der Waals surface area contributed by atoms with Crippen LogP contribution in [0.5, 0.6) is 0 Å². The minimum Gasteiger partial charge on any atom is -0.283 e. The van der Waals surface area contributed by atoms with E-state index in [-0.39, 0.29) is 5.56 Å². The average molecular weight is 385 g/mol. The third-order valence-corrected chi connectivity index (χ3v) is 7.36. The van der Waals surface area contributed by atoms with Crippen molar-refractivity contribution in [2.75, 3.05) is 5.75 Å². The quantitative estimate of drug-likeness (QED) is 0.452. The number of hydrogen-bond donors (Lipinski definition) is 0. The summed E-state index contributed by atoms with van der Waals surface area (Å²) in [5, 5.41) is 1.74. The lowest BCUT2D eigenvalue weighted by Crippen LogP contribution is -2.24. The highest BCUT2D eigenvalue weighted by Gasteiger charge is 2.24. The van der Waals surface area contributed by atoms with Gasteiger partial charge in [-0.3, -0.25) is 9.36 Å². The molecule has 3 aromatic rings. The van der Waals surface area contributed by atoms with Crippen molar-refractivity contribution in [3.05, 3.63) is 56.7 Å². The van der Waals surface area contributed by atoms with Gasteiger partial charge in [0.2, 0.25) is 0 Å². The lowest BCUT2D eigenvalue weighted by molar-refractivity contribution is 0.508. The molecule has 5 heteroatoms. The lowest BCUT2D eigenvalue weighted by Gasteiger charge is -2.18. The summed E-state index contributed by atoms with van der Waals surface area (Å²) in [6.45, 7) is 5.04. The van der Waals surface area contributed by atoms with Gasteiger partial charge >= 0.3 is 0 Å². The van der Waals surface area contributed by atoms with Crippen LogP contribution in [0.25, 0.3) is 10.2 Å². The summed E-state index contributed by atoms with van der Waals surface area (Å²) in [5.41, 5.74) is 2.56. The van der Waals surface area contributed by atoms with Crippen molar-refractivity contribution >= 4 is 33.3 Å². The normalized spacial score (nSPS) is 16.8. The van der Waals surface area contributed by atoms with E-state index in [0.717, 1.165) is 46.0 Å². The van der Waals surface area contributed by atoms with E-state index >= 15 is 0 Å². The third kappa shape index (κ3) is 3.35. The Morgan fingerprint density at radius 2 is 2.12 bits per heavy atom. The summed E-state index contributed by atoms with van der Waals surface area (Å²) in [7, 11) is 0. The van der Waals surface area contributed by atoms with Gasteiger partial charge in [0, 0.05) is 10.6 Å². The molecule has 1 aliphatic carbocycles. The zero-order chi connectivity index (χ0) is 18.1. The van der Waals surface area contributed by atoms with Crippen LogP contribution in [0.1, 0.15) is 42.7 Å². The first-order valence-electron chi connectivity index (χ1n) is 9.39. The summed E-state index contributed by atoms with van der Waals surface area (Å²) in [6.07, 6.45) is 4.39. The van der Waals surface area contributed by atoms with Gasteiger partial charge in [0.1, 0.15) is 4.83 Å². The molecular formula is C21H24N2OS2. The fourth-order valence-electron chi connectivity index (χ4n) is 3.62. The number of benzene rings is 1. The second kappa shape index (κ2) is 7.57. The number of thiophene rings is 1. The summed E-state index contributed by atoms with van der Waals surface area (Å²) < 4.78 is 1.89. The summed E-state index contributed by atoms with van der Waals surface area (Å²) in [4.78, 5) is 20.7. The Balaban J connectivity index is 1.87. The Morgan fingerprint density at radius 1 is 1.31 bits per heavy atom. The number of hydrogen-bond acceptors (Lipinski definition) is 4. The van der Waals surface area contributed by atoms with Gasteiger partial charge in [0.25, 0.3) is 5.56 Å². The first kappa shape index (κ1) is 17.8. The molecule has 0 saturated carbocycles. The van der Waals surface area contributed by atoms with Gasteiger partial charge in [0.15, 0.2) is 5.16 Å². The molecule has 0 spiro atoms. The molecule has 0 amide bonds. The van der Waals surface area contributed by atoms with Gasteiger partial charge in [-0.15, -0.1) is 11.3 Å². The zero-order valence-electron chi connectivity index (χ0n) is 15.3. The Bertz CT molecular complexity index is 975. The average Bonchev–Trinajstić information content (AvgIpc) is 3.01. The third-order valence-electron chi connectivity index (χ3n) is 4.99. The molecule has 2 heterocycles. The molecule has 0 saturated heterocycles. The largest absolute Gasteiger partial charge is 0.283 e. The molecule has 4 rings (SSSR count). The second-order valence-electron chi connectivity index (χ2n) is 7.15. The van der Waals surface area contributed by atoms with Crippen molar-refractivity contribution in [1.29, 1.82) is 0 Å². The SMILES string of the molecule is CCCSc1nc2sc3c(c2c(=O)n1Cc1ccccc1)C[C@@H](C)CC3. The van der Waals surface area contributed by atoms with Gasteiger partial charge in [-0.05, 0) is 42.7 Å². The number of thioether (sulfide) groups is 1. The Morgan fingerprint density at radius 3 is 2.88 bits per heavy atom. The maximum atomic E-state index is 13.5. The van der Waals surface area contributed by atoms with Crippen LogP contribution in [-0.2, 0) is 19.4 Å². The van der Waals surface area contributed by atoms with E-state index in [0.29, 0.717) is 12.5 Å². The Kier molecular flexibility index (Phi) is 5.18. The van der Waals surface area contributed by atoms with Crippen LogP contribution in [-0.4, -0.2) is 15.3 Å². The highest BCUT2D eigenvalue weighted by molar-refractivity contribution is 7.99. The molecule has 2 aromatic heterocycles. The predicted molar refractivity (Wildman–Crippen MR) is 112 cm³/mol. The summed E-state index contributed by atoms with van der Waals surface area (Å²) in [5.74, 6) is 1.63. The molecule has 0 unspecified atom stereocenters. The molecule has 0 fully saturated rings. The molecule has 136 valence electrons. The van der Waals surface area contributed by atoms with Gasteiger partial charge < -0.3 is 0 Å². The minimum absolute atomic E-state index is 0.143. The molecular weight excluding hydrogens is 360 g/mol. The summed E-state index contributed by atoms with van der Waals surface area (Å²) in [6, 6.07) is 10.2. The van der Waals surface area contributed by atoms with Crippen LogP contribution in [0.3, 0.4) is 0 Å². The molecule has 0 bridgehead atoms. The van der Waals surface area contributed by atoms with Gasteiger partial charge in [-0.2, -0.15) is 0 Å². The molecule has 1 aromatic carbocycles. The van der Waals surface area contributed by atoms with Crippen LogP contribution in [0.4, 0.5) is 0 Å². The van der Waals surface area contributed by atoms with Crippen molar-refractivity contribution in [2.45, 2.75) is 51.2 Å². The fraction of sp³-hybridized carbons (Fsp3) is 0.429. The number of rotatable bonds is 5. The van der Waals surface area contributed by atoms with E-state index in [1.807, 2.05) is 22.8 Å². The molecule has 0 N–H and O–H groups in total. The van der Waals surface area contributed by atoms with Crippen molar-refractivity contribution in [1.82, 2.24) is 9.55 Å². The lowest BCUT2D eigenvalue weighted by atomic mass is 9.89. The molecule has 3 nitrogen and oxygen atoms in total. The maximum absolute atomic E-state index is 13.5. The molecule has 1 atom stereocenters. The predicted octanol–water partition coefficient (Wildman–Crippen LogP) is 5.13. The van der Waals surface area contributed by atoms with Crippen molar-refractivity contribution < 1.29 is 0 Å². The van der Waals surface area contributed by atoms with Gasteiger partial charge in [0.05, 0.1) is 11.9 Å². The standard InChI is InChI=1S/C21H24N2OS2/c1-3-11-25-21-22-19-18(16-12-14(2)9-10-17(16)26-19)20(24)23(21)13-15-7-5-4-6-8-15/h4-8,14H,3,9-13H2,1-2H3/t14-/m0/s1. The smallest absolute Gasteiger partial charge is 0.263 e. The van der Waals surface area contributed by atoms with Crippen LogP contribution >= 0.6 is 23.1 Å². The van der Waals surface area contributed by atoms with Crippen molar-refractivity contribution in [3.63, 3.8) is 0 Å². The number of aryl methyl sites for hydroxylation is 1. The minimum atomic E-state index is 0.143. The van der Waals surface area contributed by atoms with E-state index < -0.39 is 0 Å². The first-order valence-corrected chi connectivity index (χ1v) is 11.2. The van der Waals surface area contributed by atoms with E-state index in [1.54, 1.807) is 23.1 Å². The van der Waals surface area contributed by atoms with E-state index in [2.05, 4.69) is 26.0 Å². The highest BCUT2D eigenvalue weighted by Crippen LogP contribution is 2.36. The Labute approximate surface area is 162 Å². The van der Waals surface area contributed by atoms with Crippen LogP contribution in [0.2, 0.25) is 0 Å². The van der Waals surface area contributed by atoms with Crippen LogP contribution in [0.15, 0.2) is 40.3 Å². The topological polar surface area (TPSA) is 34.9 Å². The van der Waals surface area contributed by atoms with Gasteiger partial charge in [-0.25, -0.2) is 4.98 Å². The number of nitrogens with zero attached hydrogens (tertiary/aromatic N) is 2. The van der Waals surface area contributed by atoms with Crippen LogP contribution < -0.4 is 5.56 Å². The van der Waals surface area contributed by atoms with Crippen LogP contribution in [0, 0.1) is 5.92 Å². The van der Waals surface area contributed by atoms with E-state index in [4.69, 9.17) is 4.98 Å². The van der Waals surface area contributed by atoms with E-state index in [1.165, 1.54) is 16.9 Å². The fourth-order valence-corrected chi connectivity index (χ4v) is 5.73. The first-order chi connectivity index (χ1) is 12.7. The number of aromatic nitrogens is 2. The number of fused-ring (bicyclic) bond motifs is 3. The molecule has 0 aliphatic heterocycles. The highest BCUT2D eigenvalue weighted by atomic mass is 32.2. The van der Waals surface area contributed by atoms with E-state index in [9.17, 15) is 4.79 Å². The van der Waals surface area contributed by atoms with Crippen molar-refractivity contribution in [2.24, 2.45) is 5.92 Å². The Hall–Kier alpha value is -1.59. The van der Waals surface area contributed by atoms with Gasteiger partial charge in [-0.1, -0.05) is 55.9 Å².